The fraction of sp³-hybridized carbons (Fsp3) is 0.133. The van der Waals surface area contributed by atoms with Crippen LogP contribution in [0.4, 0.5) is 21.5 Å². The molecule has 0 aliphatic rings. The topological polar surface area (TPSA) is 84.3 Å². The quantitative estimate of drug-likeness (QED) is 0.608. The first-order chi connectivity index (χ1) is 10.9. The summed E-state index contributed by atoms with van der Waals surface area (Å²) in [7, 11) is 0. The highest BCUT2D eigenvalue weighted by Crippen LogP contribution is 2.25. The Morgan fingerprint density at radius 3 is 2.65 bits per heavy atom. The van der Waals surface area contributed by atoms with E-state index in [1.807, 2.05) is 13.0 Å². The molecule has 0 unspecified atom stereocenters. The van der Waals surface area contributed by atoms with Crippen molar-refractivity contribution in [3.05, 3.63) is 62.4 Å². The normalized spacial score (nSPS) is 10.2. The zero-order valence-electron chi connectivity index (χ0n) is 12.1. The van der Waals surface area contributed by atoms with Crippen LogP contribution < -0.4 is 10.6 Å². The highest BCUT2D eigenvalue weighted by atomic mass is 79.9. The number of nitro groups is 1. The van der Waals surface area contributed by atoms with Crippen molar-refractivity contribution in [2.45, 2.75) is 6.92 Å². The van der Waals surface area contributed by atoms with Crippen molar-refractivity contribution in [3.8, 4) is 0 Å². The number of hydrogen-bond donors (Lipinski definition) is 2. The van der Waals surface area contributed by atoms with Gasteiger partial charge in [-0.15, -0.1) is 0 Å². The molecule has 8 heteroatoms. The van der Waals surface area contributed by atoms with Gasteiger partial charge < -0.3 is 10.6 Å². The molecule has 0 aliphatic carbocycles. The zero-order valence-corrected chi connectivity index (χ0v) is 13.7. The molecule has 1 amide bonds. The van der Waals surface area contributed by atoms with Crippen molar-refractivity contribution in [1.82, 2.24) is 0 Å². The molecule has 23 heavy (non-hydrogen) atoms. The van der Waals surface area contributed by atoms with Crippen molar-refractivity contribution in [1.29, 1.82) is 0 Å². The van der Waals surface area contributed by atoms with E-state index < -0.39 is 16.6 Å². The average molecular weight is 382 g/mol. The first kappa shape index (κ1) is 16.9. The molecule has 0 radical (unpaired) electrons. The third kappa shape index (κ3) is 4.49. The highest BCUT2D eigenvalue weighted by molar-refractivity contribution is 9.10. The molecule has 0 aromatic heterocycles. The lowest BCUT2D eigenvalue weighted by molar-refractivity contribution is -0.384. The first-order valence-corrected chi connectivity index (χ1v) is 7.40. The number of carbonyl (C=O) groups excluding carboxylic acids is 1. The molecule has 0 saturated carbocycles. The molecular formula is C15H13BrFN3O3. The van der Waals surface area contributed by atoms with Gasteiger partial charge >= 0.3 is 0 Å². The van der Waals surface area contributed by atoms with Gasteiger partial charge in [0.25, 0.3) is 5.69 Å². The third-order valence-electron chi connectivity index (χ3n) is 3.06. The summed E-state index contributed by atoms with van der Waals surface area (Å²) in [6.45, 7) is 1.62. The van der Waals surface area contributed by atoms with Gasteiger partial charge in [0.1, 0.15) is 11.5 Å². The Labute approximate surface area is 140 Å². The summed E-state index contributed by atoms with van der Waals surface area (Å²) < 4.78 is 14.1. The summed E-state index contributed by atoms with van der Waals surface area (Å²) in [5, 5.41) is 16.2. The fourth-order valence-electron chi connectivity index (χ4n) is 1.95. The number of aryl methyl sites for hydroxylation is 1. The Bertz CT molecular complexity index is 768. The second-order valence-corrected chi connectivity index (χ2v) is 5.70. The monoisotopic (exact) mass is 381 g/mol. The molecule has 0 saturated heterocycles. The Balaban J connectivity index is 2.05. The largest absolute Gasteiger partial charge is 0.370 e. The van der Waals surface area contributed by atoms with E-state index >= 15 is 0 Å². The Morgan fingerprint density at radius 1 is 1.26 bits per heavy atom. The number of nitrogens with zero attached hydrogens (tertiary/aromatic N) is 1. The second-order valence-electron chi connectivity index (χ2n) is 4.78. The lowest BCUT2D eigenvalue weighted by Gasteiger charge is -2.10. The molecular weight excluding hydrogens is 369 g/mol. The van der Waals surface area contributed by atoms with E-state index in [1.165, 1.54) is 0 Å². The maximum Gasteiger partial charge on any atom is 0.292 e. The number of amides is 1. The fourth-order valence-corrected chi connectivity index (χ4v) is 2.42. The van der Waals surface area contributed by atoms with Crippen molar-refractivity contribution >= 4 is 38.9 Å². The van der Waals surface area contributed by atoms with Crippen molar-refractivity contribution in [3.63, 3.8) is 0 Å². The minimum absolute atomic E-state index is 0.0438. The number of anilines is 2. The van der Waals surface area contributed by atoms with Crippen LogP contribution in [0.1, 0.15) is 5.56 Å². The van der Waals surface area contributed by atoms with Crippen LogP contribution in [0.2, 0.25) is 0 Å². The smallest absolute Gasteiger partial charge is 0.292 e. The summed E-state index contributed by atoms with van der Waals surface area (Å²) in [5.41, 5.74) is 1.16. The van der Waals surface area contributed by atoms with Gasteiger partial charge in [0.2, 0.25) is 5.91 Å². The SMILES string of the molecule is Cc1cc(Br)ccc1NC(=O)CNc1cc(F)ccc1[N+](=O)[O-]. The van der Waals surface area contributed by atoms with Crippen LogP contribution in [-0.4, -0.2) is 17.4 Å². The summed E-state index contributed by atoms with van der Waals surface area (Å²) in [5.74, 6) is -1.02. The van der Waals surface area contributed by atoms with Crippen molar-refractivity contribution < 1.29 is 14.1 Å². The van der Waals surface area contributed by atoms with E-state index in [0.717, 1.165) is 28.2 Å². The molecule has 0 bridgehead atoms. The Morgan fingerprint density at radius 2 is 2.00 bits per heavy atom. The maximum absolute atomic E-state index is 13.2. The molecule has 2 rings (SSSR count). The molecule has 120 valence electrons. The van der Waals surface area contributed by atoms with Crippen LogP contribution >= 0.6 is 15.9 Å². The lowest BCUT2D eigenvalue weighted by atomic mass is 10.2. The number of benzene rings is 2. The van der Waals surface area contributed by atoms with Crippen LogP contribution in [0.3, 0.4) is 0 Å². The number of carbonyl (C=O) groups is 1. The zero-order chi connectivity index (χ0) is 17.0. The van der Waals surface area contributed by atoms with Gasteiger partial charge in [-0.3, -0.25) is 14.9 Å². The Hall–Kier alpha value is -2.48. The summed E-state index contributed by atoms with van der Waals surface area (Å²) in [4.78, 5) is 22.2. The van der Waals surface area contributed by atoms with Gasteiger partial charge in [0.15, 0.2) is 0 Å². The van der Waals surface area contributed by atoms with E-state index in [0.29, 0.717) is 5.69 Å². The van der Waals surface area contributed by atoms with Crippen LogP contribution in [0.5, 0.6) is 0 Å². The van der Waals surface area contributed by atoms with Gasteiger partial charge in [-0.2, -0.15) is 0 Å². The van der Waals surface area contributed by atoms with Gasteiger partial charge in [-0.25, -0.2) is 4.39 Å². The van der Waals surface area contributed by atoms with E-state index in [-0.39, 0.29) is 17.9 Å². The maximum atomic E-state index is 13.2. The molecule has 0 fully saturated rings. The van der Waals surface area contributed by atoms with Crippen molar-refractivity contribution in [2.75, 3.05) is 17.2 Å². The van der Waals surface area contributed by atoms with Crippen LogP contribution in [0.25, 0.3) is 0 Å². The minimum atomic E-state index is -0.640. The van der Waals surface area contributed by atoms with E-state index in [1.54, 1.807) is 12.1 Å². The van der Waals surface area contributed by atoms with Crippen LogP contribution in [0, 0.1) is 22.9 Å². The predicted molar refractivity (Wildman–Crippen MR) is 89.1 cm³/mol. The summed E-state index contributed by atoms with van der Waals surface area (Å²) >= 11 is 3.33. The standard InChI is InChI=1S/C15H13BrFN3O3/c1-9-6-10(16)2-4-12(9)19-15(21)8-18-13-7-11(17)3-5-14(13)20(22)23/h2-7,18H,8H2,1H3,(H,19,21). The average Bonchev–Trinajstić information content (AvgIpc) is 2.48. The Kier molecular flexibility index (Phi) is 5.28. The molecule has 0 atom stereocenters. The molecule has 0 spiro atoms. The van der Waals surface area contributed by atoms with E-state index in [2.05, 4.69) is 26.6 Å². The molecule has 2 N–H and O–H groups in total. The van der Waals surface area contributed by atoms with Gasteiger partial charge in [0, 0.05) is 22.3 Å². The number of halogens is 2. The van der Waals surface area contributed by atoms with Crippen LogP contribution in [-0.2, 0) is 4.79 Å². The lowest BCUT2D eigenvalue weighted by Crippen LogP contribution is -2.22. The van der Waals surface area contributed by atoms with E-state index in [4.69, 9.17) is 0 Å². The summed E-state index contributed by atoms with van der Waals surface area (Å²) in [6.07, 6.45) is 0. The van der Waals surface area contributed by atoms with Crippen molar-refractivity contribution in [2.24, 2.45) is 0 Å². The molecule has 6 nitrogen and oxygen atoms in total. The summed E-state index contributed by atoms with van der Waals surface area (Å²) in [6, 6.07) is 8.40. The number of hydrogen-bond acceptors (Lipinski definition) is 4. The van der Waals surface area contributed by atoms with Gasteiger partial charge in [0.05, 0.1) is 11.5 Å². The number of rotatable bonds is 5. The second kappa shape index (κ2) is 7.19. The minimum Gasteiger partial charge on any atom is -0.370 e. The van der Waals surface area contributed by atoms with Gasteiger partial charge in [-0.1, -0.05) is 15.9 Å². The molecule has 0 heterocycles. The predicted octanol–water partition coefficient (Wildman–Crippen LogP) is 3.86. The van der Waals surface area contributed by atoms with E-state index in [9.17, 15) is 19.3 Å². The third-order valence-corrected chi connectivity index (χ3v) is 3.55. The molecule has 2 aromatic rings. The number of nitrogens with one attached hydrogen (secondary N) is 2. The van der Waals surface area contributed by atoms with Gasteiger partial charge in [-0.05, 0) is 36.8 Å². The van der Waals surface area contributed by atoms with Crippen LogP contribution in [0.15, 0.2) is 40.9 Å². The molecule has 0 aliphatic heterocycles. The number of nitro benzene ring substituents is 1. The highest BCUT2D eigenvalue weighted by Gasteiger charge is 2.15. The molecule has 2 aromatic carbocycles. The first-order valence-electron chi connectivity index (χ1n) is 6.60.